The maximum absolute atomic E-state index is 13.5. The quantitative estimate of drug-likeness (QED) is 0.0825. The Bertz CT molecular complexity index is 1080. The van der Waals surface area contributed by atoms with E-state index in [1.165, 1.54) is 9.80 Å². The van der Waals surface area contributed by atoms with Gasteiger partial charge in [-0.2, -0.15) is 0 Å². The van der Waals surface area contributed by atoms with E-state index in [0.717, 1.165) is 5.56 Å². The molecule has 0 saturated carbocycles. The molecule has 4 atom stereocenters. The fourth-order valence-electron chi connectivity index (χ4n) is 5.18. The SMILES string of the molecule is NC(N)=NCCC[C@H](N)C(=O)N1CCC[C@H]1C(=O)N1CCC[C@H]1C(=O)NCC(=O)N[C@H](C=O)Cc1ccccc1. The first kappa shape index (κ1) is 30.5. The van der Waals surface area contributed by atoms with Crippen LogP contribution in [0.5, 0.6) is 0 Å². The highest BCUT2D eigenvalue weighted by Crippen LogP contribution is 2.25. The zero-order valence-corrected chi connectivity index (χ0v) is 22.7. The van der Waals surface area contributed by atoms with Gasteiger partial charge in [0.25, 0.3) is 0 Å². The number of guanidine groups is 1. The van der Waals surface area contributed by atoms with Gasteiger partial charge >= 0.3 is 0 Å². The molecule has 2 fully saturated rings. The molecule has 2 aliphatic heterocycles. The molecule has 0 aromatic heterocycles. The van der Waals surface area contributed by atoms with Crippen LogP contribution < -0.4 is 27.8 Å². The monoisotopic (exact) mass is 556 g/mol. The molecular weight excluding hydrogens is 516 g/mol. The summed E-state index contributed by atoms with van der Waals surface area (Å²) in [6.45, 7) is 0.843. The van der Waals surface area contributed by atoms with Crippen molar-refractivity contribution in [2.75, 3.05) is 26.2 Å². The van der Waals surface area contributed by atoms with Crippen LogP contribution in [0.15, 0.2) is 35.3 Å². The van der Waals surface area contributed by atoms with Crippen molar-refractivity contribution in [3.05, 3.63) is 35.9 Å². The molecule has 40 heavy (non-hydrogen) atoms. The van der Waals surface area contributed by atoms with E-state index in [4.69, 9.17) is 17.2 Å². The van der Waals surface area contributed by atoms with Crippen LogP contribution >= 0.6 is 0 Å². The van der Waals surface area contributed by atoms with E-state index in [2.05, 4.69) is 15.6 Å². The van der Waals surface area contributed by atoms with Gasteiger partial charge in [0, 0.05) is 19.6 Å². The lowest BCUT2D eigenvalue weighted by molar-refractivity contribution is -0.147. The molecule has 1 aromatic carbocycles. The number of benzene rings is 1. The van der Waals surface area contributed by atoms with Gasteiger partial charge < -0.3 is 42.4 Å². The number of rotatable bonds is 13. The Hall–Kier alpha value is -4.00. The third-order valence-electron chi connectivity index (χ3n) is 7.18. The number of carbonyl (C=O) groups excluding carboxylic acids is 5. The van der Waals surface area contributed by atoms with Gasteiger partial charge in [-0.3, -0.25) is 24.2 Å². The minimum absolute atomic E-state index is 0.0249. The molecule has 0 spiro atoms. The molecule has 13 nitrogen and oxygen atoms in total. The van der Waals surface area contributed by atoms with E-state index in [1.807, 2.05) is 30.3 Å². The second kappa shape index (κ2) is 15.0. The lowest BCUT2D eigenvalue weighted by atomic mass is 10.1. The van der Waals surface area contributed by atoms with Crippen molar-refractivity contribution in [2.24, 2.45) is 22.2 Å². The summed E-state index contributed by atoms with van der Waals surface area (Å²) in [5, 5.41) is 5.21. The van der Waals surface area contributed by atoms with Crippen LogP contribution in [-0.2, 0) is 30.4 Å². The normalized spacial score (nSPS) is 19.9. The van der Waals surface area contributed by atoms with Crippen LogP contribution in [0.1, 0.15) is 44.1 Å². The standard InChI is InChI=1S/C27H40N8O5/c28-20(9-4-12-31-27(29)30)25(39)35-14-6-11-22(35)26(40)34-13-5-10-21(34)24(38)32-16-23(37)33-19(17-36)15-18-7-2-1-3-8-18/h1-3,7-8,17,19-22H,4-6,9-16,28H2,(H,32,38)(H,33,37)(H4,29,30,31)/t19-,20-,21-,22-/m0/s1. The van der Waals surface area contributed by atoms with Gasteiger partial charge in [-0.25, -0.2) is 0 Å². The number of hydrogen-bond donors (Lipinski definition) is 5. The highest BCUT2D eigenvalue weighted by molar-refractivity contribution is 5.95. The number of carbonyl (C=O) groups is 5. The molecule has 3 rings (SSSR count). The van der Waals surface area contributed by atoms with Gasteiger partial charge in [0.1, 0.15) is 18.4 Å². The molecule has 1 aromatic rings. The van der Waals surface area contributed by atoms with Gasteiger partial charge in [0.15, 0.2) is 5.96 Å². The largest absolute Gasteiger partial charge is 0.370 e. The molecule has 13 heteroatoms. The van der Waals surface area contributed by atoms with Gasteiger partial charge in [-0.15, -0.1) is 0 Å². The second-order valence-corrected chi connectivity index (χ2v) is 10.2. The van der Waals surface area contributed by atoms with Gasteiger partial charge in [-0.05, 0) is 50.5 Å². The summed E-state index contributed by atoms with van der Waals surface area (Å²) in [5.41, 5.74) is 17.6. The average molecular weight is 557 g/mol. The number of aldehydes is 1. The Balaban J connectivity index is 1.51. The van der Waals surface area contributed by atoms with Crippen LogP contribution in [0, 0.1) is 0 Å². The summed E-state index contributed by atoms with van der Waals surface area (Å²) in [6.07, 6.45) is 4.14. The summed E-state index contributed by atoms with van der Waals surface area (Å²) in [4.78, 5) is 70.2. The Morgan fingerprint density at radius 2 is 1.70 bits per heavy atom. The maximum atomic E-state index is 13.5. The Morgan fingerprint density at radius 3 is 2.38 bits per heavy atom. The molecule has 2 aliphatic rings. The van der Waals surface area contributed by atoms with Crippen LogP contribution in [0.2, 0.25) is 0 Å². The number of nitrogens with one attached hydrogen (secondary N) is 2. The third-order valence-corrected chi connectivity index (χ3v) is 7.18. The topological polar surface area (TPSA) is 206 Å². The maximum Gasteiger partial charge on any atom is 0.246 e. The molecule has 0 aliphatic carbocycles. The molecule has 0 bridgehead atoms. The molecule has 2 saturated heterocycles. The highest BCUT2D eigenvalue weighted by atomic mass is 16.2. The van der Waals surface area contributed by atoms with Crippen LogP contribution in [0.4, 0.5) is 0 Å². The van der Waals surface area contributed by atoms with Gasteiger partial charge in [0.2, 0.25) is 23.6 Å². The fraction of sp³-hybridized carbons (Fsp3) is 0.556. The molecule has 0 radical (unpaired) electrons. The highest BCUT2D eigenvalue weighted by Gasteiger charge is 2.42. The van der Waals surface area contributed by atoms with Crippen molar-refractivity contribution in [1.29, 1.82) is 0 Å². The number of likely N-dealkylation sites (tertiary alicyclic amines) is 2. The third kappa shape index (κ3) is 8.50. The minimum atomic E-state index is -0.782. The fourth-order valence-corrected chi connectivity index (χ4v) is 5.18. The Morgan fingerprint density at radius 1 is 1.02 bits per heavy atom. The first-order valence-corrected chi connectivity index (χ1v) is 13.7. The first-order chi connectivity index (χ1) is 19.2. The van der Waals surface area contributed by atoms with E-state index in [1.54, 1.807) is 0 Å². The lowest BCUT2D eigenvalue weighted by Crippen LogP contribution is -2.55. The summed E-state index contributed by atoms with van der Waals surface area (Å²) in [7, 11) is 0. The lowest BCUT2D eigenvalue weighted by Gasteiger charge is -2.32. The molecule has 218 valence electrons. The minimum Gasteiger partial charge on any atom is -0.370 e. The number of amides is 4. The van der Waals surface area contributed by atoms with E-state index in [9.17, 15) is 24.0 Å². The van der Waals surface area contributed by atoms with E-state index in [0.29, 0.717) is 70.9 Å². The summed E-state index contributed by atoms with van der Waals surface area (Å²) >= 11 is 0. The van der Waals surface area contributed by atoms with Crippen molar-refractivity contribution in [2.45, 2.75) is 69.1 Å². The van der Waals surface area contributed by atoms with E-state index in [-0.39, 0.29) is 24.3 Å². The molecule has 2 heterocycles. The zero-order valence-electron chi connectivity index (χ0n) is 22.7. The smallest absolute Gasteiger partial charge is 0.246 e. The molecule has 0 unspecified atom stereocenters. The summed E-state index contributed by atoms with van der Waals surface area (Å²) < 4.78 is 0. The Labute approximate surface area is 233 Å². The first-order valence-electron chi connectivity index (χ1n) is 13.7. The zero-order chi connectivity index (χ0) is 29.1. The molecular formula is C27H40N8O5. The average Bonchev–Trinajstić information content (AvgIpc) is 3.64. The van der Waals surface area contributed by atoms with E-state index < -0.39 is 36.0 Å². The van der Waals surface area contributed by atoms with Crippen molar-refractivity contribution < 1.29 is 24.0 Å². The predicted octanol–water partition coefficient (Wildman–Crippen LogP) is -1.61. The van der Waals surface area contributed by atoms with Crippen molar-refractivity contribution in [3.63, 3.8) is 0 Å². The van der Waals surface area contributed by atoms with Gasteiger partial charge in [-0.1, -0.05) is 30.3 Å². The number of nitrogens with two attached hydrogens (primary N) is 3. The van der Waals surface area contributed by atoms with Crippen molar-refractivity contribution in [3.8, 4) is 0 Å². The van der Waals surface area contributed by atoms with Crippen molar-refractivity contribution >= 4 is 35.9 Å². The number of hydrogen-bond acceptors (Lipinski definition) is 7. The summed E-state index contributed by atoms with van der Waals surface area (Å²) in [6, 6.07) is 6.35. The molecule has 8 N–H and O–H groups in total. The van der Waals surface area contributed by atoms with Gasteiger partial charge in [0.05, 0.1) is 18.6 Å². The Kier molecular flexibility index (Phi) is 11.4. The summed E-state index contributed by atoms with van der Waals surface area (Å²) in [5.74, 6) is -1.57. The predicted molar refractivity (Wildman–Crippen MR) is 149 cm³/mol. The van der Waals surface area contributed by atoms with Crippen LogP contribution in [0.3, 0.4) is 0 Å². The van der Waals surface area contributed by atoms with Crippen molar-refractivity contribution in [1.82, 2.24) is 20.4 Å². The van der Waals surface area contributed by atoms with E-state index >= 15 is 0 Å². The number of nitrogens with zero attached hydrogens (tertiary/aromatic N) is 3. The number of aliphatic imine (C=N–C) groups is 1. The molecule has 4 amide bonds. The van der Waals surface area contributed by atoms with Crippen LogP contribution in [-0.4, -0.2) is 96.0 Å². The second-order valence-electron chi connectivity index (χ2n) is 10.2. The van der Waals surface area contributed by atoms with Crippen LogP contribution in [0.25, 0.3) is 0 Å².